The first-order chi connectivity index (χ1) is 14.1. The smallest absolute Gasteiger partial charge is 0.253 e. The number of rotatable bonds is 7. The molecular formula is C24H30N4O. The van der Waals surface area contributed by atoms with Crippen molar-refractivity contribution in [3.05, 3.63) is 70.8 Å². The lowest BCUT2D eigenvalue weighted by molar-refractivity contribution is 0.0628. The molecule has 2 aromatic carbocycles. The summed E-state index contributed by atoms with van der Waals surface area (Å²) in [6.07, 6.45) is 0. The Hall–Kier alpha value is -2.68. The SMILES string of the molecule is CCN(CC)Cc1ccc(C(=O)N2CCN(Cc3ccc(C#N)cc3)CC2)cc1. The lowest BCUT2D eigenvalue weighted by atomic mass is 10.1. The van der Waals surface area contributed by atoms with E-state index in [4.69, 9.17) is 5.26 Å². The molecule has 0 saturated carbocycles. The molecule has 1 fully saturated rings. The van der Waals surface area contributed by atoms with E-state index in [0.29, 0.717) is 5.56 Å². The highest BCUT2D eigenvalue weighted by atomic mass is 16.2. The molecule has 5 heteroatoms. The number of benzene rings is 2. The third-order valence-corrected chi connectivity index (χ3v) is 5.65. The second-order valence-corrected chi connectivity index (χ2v) is 7.54. The fourth-order valence-corrected chi connectivity index (χ4v) is 3.69. The monoisotopic (exact) mass is 390 g/mol. The fraction of sp³-hybridized carbons (Fsp3) is 0.417. The van der Waals surface area contributed by atoms with Crippen LogP contribution in [0.2, 0.25) is 0 Å². The van der Waals surface area contributed by atoms with E-state index in [1.165, 1.54) is 11.1 Å². The molecule has 0 spiro atoms. The van der Waals surface area contributed by atoms with Crippen molar-refractivity contribution in [3.8, 4) is 6.07 Å². The van der Waals surface area contributed by atoms with Crippen molar-refractivity contribution in [2.75, 3.05) is 39.3 Å². The minimum absolute atomic E-state index is 0.123. The van der Waals surface area contributed by atoms with E-state index < -0.39 is 0 Å². The Kier molecular flexibility index (Phi) is 7.40. The zero-order valence-corrected chi connectivity index (χ0v) is 17.5. The average Bonchev–Trinajstić information content (AvgIpc) is 2.78. The summed E-state index contributed by atoms with van der Waals surface area (Å²) in [5.74, 6) is 0.123. The minimum Gasteiger partial charge on any atom is -0.336 e. The fourth-order valence-electron chi connectivity index (χ4n) is 3.69. The van der Waals surface area contributed by atoms with Gasteiger partial charge in [-0.05, 0) is 48.5 Å². The molecular weight excluding hydrogens is 360 g/mol. The molecule has 0 radical (unpaired) electrons. The molecule has 0 bridgehead atoms. The van der Waals surface area contributed by atoms with Gasteiger partial charge in [0, 0.05) is 44.8 Å². The average molecular weight is 391 g/mol. The summed E-state index contributed by atoms with van der Waals surface area (Å²) < 4.78 is 0. The van der Waals surface area contributed by atoms with Gasteiger partial charge in [0.15, 0.2) is 0 Å². The van der Waals surface area contributed by atoms with E-state index in [1.54, 1.807) is 0 Å². The van der Waals surface area contributed by atoms with Crippen molar-refractivity contribution < 1.29 is 4.79 Å². The second-order valence-electron chi connectivity index (χ2n) is 7.54. The zero-order valence-electron chi connectivity index (χ0n) is 17.5. The topological polar surface area (TPSA) is 50.6 Å². The van der Waals surface area contributed by atoms with Crippen LogP contribution in [0.25, 0.3) is 0 Å². The lowest BCUT2D eigenvalue weighted by Crippen LogP contribution is -2.48. The Balaban J connectivity index is 1.51. The number of nitrogens with zero attached hydrogens (tertiary/aromatic N) is 4. The van der Waals surface area contributed by atoms with Crippen LogP contribution in [-0.4, -0.2) is 59.9 Å². The van der Waals surface area contributed by atoms with Gasteiger partial charge in [0.1, 0.15) is 0 Å². The molecule has 1 aliphatic rings. The van der Waals surface area contributed by atoms with E-state index in [-0.39, 0.29) is 5.91 Å². The first-order valence-corrected chi connectivity index (χ1v) is 10.4. The summed E-state index contributed by atoms with van der Waals surface area (Å²) in [5, 5.41) is 8.90. The van der Waals surface area contributed by atoms with E-state index in [1.807, 2.05) is 41.3 Å². The molecule has 5 nitrogen and oxygen atoms in total. The normalized spacial score (nSPS) is 14.8. The van der Waals surface area contributed by atoms with Gasteiger partial charge in [-0.15, -0.1) is 0 Å². The van der Waals surface area contributed by atoms with Gasteiger partial charge >= 0.3 is 0 Å². The van der Waals surface area contributed by atoms with E-state index in [2.05, 4.69) is 41.8 Å². The summed E-state index contributed by atoms with van der Waals surface area (Å²) in [4.78, 5) is 19.5. The van der Waals surface area contributed by atoms with Gasteiger partial charge in [0.25, 0.3) is 5.91 Å². The first kappa shape index (κ1) is 21.0. The van der Waals surface area contributed by atoms with Gasteiger partial charge in [-0.2, -0.15) is 5.26 Å². The summed E-state index contributed by atoms with van der Waals surface area (Å²) in [6.45, 7) is 11.4. The van der Waals surface area contributed by atoms with Crippen molar-refractivity contribution in [3.63, 3.8) is 0 Å². The Morgan fingerprint density at radius 1 is 0.931 bits per heavy atom. The number of carbonyl (C=O) groups is 1. The maximum atomic E-state index is 12.8. The third-order valence-electron chi connectivity index (χ3n) is 5.65. The molecule has 29 heavy (non-hydrogen) atoms. The molecule has 0 aliphatic carbocycles. The maximum absolute atomic E-state index is 12.8. The van der Waals surface area contributed by atoms with Crippen LogP contribution < -0.4 is 0 Å². The number of amides is 1. The summed E-state index contributed by atoms with van der Waals surface area (Å²) in [5.41, 5.74) is 3.91. The van der Waals surface area contributed by atoms with Crippen LogP contribution in [0.4, 0.5) is 0 Å². The predicted molar refractivity (Wildman–Crippen MR) is 115 cm³/mol. The van der Waals surface area contributed by atoms with Crippen LogP contribution in [-0.2, 0) is 13.1 Å². The molecule has 1 heterocycles. The molecule has 0 unspecified atom stereocenters. The molecule has 0 atom stereocenters. The van der Waals surface area contributed by atoms with Crippen LogP contribution >= 0.6 is 0 Å². The summed E-state index contributed by atoms with van der Waals surface area (Å²) in [7, 11) is 0. The van der Waals surface area contributed by atoms with Gasteiger partial charge < -0.3 is 4.90 Å². The highest BCUT2D eigenvalue weighted by Gasteiger charge is 2.22. The Morgan fingerprint density at radius 3 is 2.07 bits per heavy atom. The van der Waals surface area contributed by atoms with Gasteiger partial charge in [-0.1, -0.05) is 38.1 Å². The molecule has 0 aromatic heterocycles. The second kappa shape index (κ2) is 10.2. The number of hydrogen-bond donors (Lipinski definition) is 0. The Morgan fingerprint density at radius 2 is 1.52 bits per heavy atom. The van der Waals surface area contributed by atoms with Crippen molar-refractivity contribution in [2.45, 2.75) is 26.9 Å². The highest BCUT2D eigenvalue weighted by Crippen LogP contribution is 2.14. The van der Waals surface area contributed by atoms with E-state index >= 15 is 0 Å². The molecule has 1 aliphatic heterocycles. The quantitative estimate of drug-likeness (QED) is 0.727. The molecule has 1 amide bonds. The van der Waals surface area contributed by atoms with Gasteiger partial charge in [-0.3, -0.25) is 14.6 Å². The molecule has 2 aromatic rings. The highest BCUT2D eigenvalue weighted by molar-refractivity contribution is 5.94. The standard InChI is InChI=1S/C24H30N4O/c1-3-26(4-2)18-22-9-11-23(12-10-22)24(29)28-15-13-27(14-16-28)19-21-7-5-20(17-25)6-8-21/h5-12H,3-4,13-16,18-19H2,1-2H3. The number of carbonyl (C=O) groups excluding carboxylic acids is 1. The number of piperazine rings is 1. The Labute approximate surface area is 174 Å². The van der Waals surface area contributed by atoms with Crippen LogP contribution in [0.1, 0.15) is 40.9 Å². The predicted octanol–water partition coefficient (Wildman–Crippen LogP) is 3.36. The van der Waals surface area contributed by atoms with E-state index in [0.717, 1.165) is 57.9 Å². The summed E-state index contributed by atoms with van der Waals surface area (Å²) in [6, 6.07) is 18.0. The third kappa shape index (κ3) is 5.66. The Bertz CT molecular complexity index is 827. The summed E-state index contributed by atoms with van der Waals surface area (Å²) >= 11 is 0. The number of nitriles is 1. The molecule has 0 N–H and O–H groups in total. The molecule has 1 saturated heterocycles. The van der Waals surface area contributed by atoms with Gasteiger partial charge in [0.05, 0.1) is 11.6 Å². The van der Waals surface area contributed by atoms with Crippen LogP contribution in [0.3, 0.4) is 0 Å². The molecule has 152 valence electrons. The van der Waals surface area contributed by atoms with Crippen LogP contribution in [0.15, 0.2) is 48.5 Å². The first-order valence-electron chi connectivity index (χ1n) is 10.4. The largest absolute Gasteiger partial charge is 0.336 e. The van der Waals surface area contributed by atoms with Crippen molar-refractivity contribution in [1.29, 1.82) is 5.26 Å². The lowest BCUT2D eigenvalue weighted by Gasteiger charge is -2.34. The minimum atomic E-state index is 0.123. The van der Waals surface area contributed by atoms with Crippen molar-refractivity contribution in [1.82, 2.24) is 14.7 Å². The molecule has 3 rings (SSSR count). The van der Waals surface area contributed by atoms with Crippen molar-refractivity contribution in [2.24, 2.45) is 0 Å². The van der Waals surface area contributed by atoms with Crippen LogP contribution in [0.5, 0.6) is 0 Å². The van der Waals surface area contributed by atoms with Gasteiger partial charge in [-0.25, -0.2) is 0 Å². The van der Waals surface area contributed by atoms with Crippen molar-refractivity contribution >= 4 is 5.91 Å². The maximum Gasteiger partial charge on any atom is 0.253 e. The van der Waals surface area contributed by atoms with E-state index in [9.17, 15) is 4.79 Å². The zero-order chi connectivity index (χ0) is 20.6. The van der Waals surface area contributed by atoms with Gasteiger partial charge in [0.2, 0.25) is 0 Å². The van der Waals surface area contributed by atoms with Crippen LogP contribution in [0, 0.1) is 11.3 Å². The number of hydrogen-bond acceptors (Lipinski definition) is 4.